The highest BCUT2D eigenvalue weighted by molar-refractivity contribution is 6.35. The van der Waals surface area contributed by atoms with E-state index in [2.05, 4.69) is 11.4 Å². The van der Waals surface area contributed by atoms with Crippen molar-refractivity contribution in [3.05, 3.63) is 63.1 Å². The van der Waals surface area contributed by atoms with Gasteiger partial charge in [0, 0.05) is 16.6 Å². The smallest absolute Gasteiger partial charge is 0.261 e. The normalized spacial score (nSPS) is 11.9. The van der Waals surface area contributed by atoms with E-state index in [-0.39, 0.29) is 5.91 Å². The molecule has 0 bridgehead atoms. The number of carbonyl (C=O) groups is 1. The number of hydrogen-bond acceptors (Lipinski definition) is 2. The quantitative estimate of drug-likeness (QED) is 0.774. The number of carbonyl (C=O) groups excluding carboxylic acids is 1. The number of aryl methyl sites for hydroxylation is 2. The maximum atomic E-state index is 12.4. The Hall–Kier alpha value is -1.71. The molecule has 24 heavy (non-hydrogen) atoms. The van der Waals surface area contributed by atoms with Gasteiger partial charge >= 0.3 is 0 Å². The lowest BCUT2D eigenvalue weighted by Crippen LogP contribution is -2.37. The van der Waals surface area contributed by atoms with Crippen molar-refractivity contribution in [2.45, 2.75) is 39.8 Å². The van der Waals surface area contributed by atoms with E-state index in [1.165, 1.54) is 0 Å². The third-order valence-corrected chi connectivity index (χ3v) is 4.19. The molecule has 1 atom stereocenters. The molecule has 5 heteroatoms. The molecule has 0 unspecified atom stereocenters. The minimum atomic E-state index is -0.544. The lowest BCUT2D eigenvalue weighted by atomic mass is 10.1. The Balaban J connectivity index is 2.00. The lowest BCUT2D eigenvalue weighted by molar-refractivity contribution is -0.128. The summed E-state index contributed by atoms with van der Waals surface area (Å²) in [5.74, 6) is 0.543. The van der Waals surface area contributed by atoms with Crippen molar-refractivity contribution >= 4 is 29.1 Å². The zero-order valence-corrected chi connectivity index (χ0v) is 15.5. The van der Waals surface area contributed by atoms with Gasteiger partial charge < -0.3 is 10.1 Å². The molecule has 2 aromatic carbocycles. The number of benzene rings is 2. The van der Waals surface area contributed by atoms with E-state index < -0.39 is 6.10 Å². The maximum absolute atomic E-state index is 12.4. The minimum Gasteiger partial charge on any atom is -0.481 e. The molecular formula is C19H21Cl2NO2. The fourth-order valence-corrected chi connectivity index (χ4v) is 2.92. The SMILES string of the molecule is CC[C@@H](Oc1cc(C)cc(C)c1)C(=O)NCc1ccc(Cl)cc1Cl. The van der Waals surface area contributed by atoms with Crippen molar-refractivity contribution in [2.75, 3.05) is 0 Å². The number of halogens is 2. The van der Waals surface area contributed by atoms with E-state index in [4.69, 9.17) is 27.9 Å². The zero-order chi connectivity index (χ0) is 17.7. The number of amides is 1. The van der Waals surface area contributed by atoms with Gasteiger partial charge in [0.25, 0.3) is 5.91 Å². The van der Waals surface area contributed by atoms with Crippen molar-refractivity contribution in [3.63, 3.8) is 0 Å². The highest BCUT2D eigenvalue weighted by Crippen LogP contribution is 2.21. The van der Waals surface area contributed by atoms with Crippen LogP contribution < -0.4 is 10.1 Å². The molecule has 0 aliphatic rings. The molecule has 0 aromatic heterocycles. The fraction of sp³-hybridized carbons (Fsp3) is 0.316. The molecule has 1 N–H and O–H groups in total. The lowest BCUT2D eigenvalue weighted by Gasteiger charge is -2.18. The summed E-state index contributed by atoms with van der Waals surface area (Å²) < 4.78 is 5.86. The molecule has 0 saturated carbocycles. The van der Waals surface area contributed by atoms with E-state index >= 15 is 0 Å². The predicted molar refractivity (Wildman–Crippen MR) is 98.9 cm³/mol. The summed E-state index contributed by atoms with van der Waals surface area (Å²) in [6, 6.07) is 11.1. The molecule has 0 aliphatic carbocycles. The van der Waals surface area contributed by atoms with Gasteiger partial charge in [-0.05, 0) is 61.2 Å². The molecule has 1 amide bonds. The van der Waals surface area contributed by atoms with Gasteiger partial charge in [0.15, 0.2) is 6.10 Å². The first-order valence-corrected chi connectivity index (χ1v) is 8.61. The van der Waals surface area contributed by atoms with Gasteiger partial charge in [-0.2, -0.15) is 0 Å². The third-order valence-electron chi connectivity index (χ3n) is 3.60. The molecule has 0 radical (unpaired) electrons. The average Bonchev–Trinajstić information content (AvgIpc) is 2.50. The van der Waals surface area contributed by atoms with Gasteiger partial charge in [0.05, 0.1) is 0 Å². The van der Waals surface area contributed by atoms with E-state index in [9.17, 15) is 4.79 Å². The molecular weight excluding hydrogens is 345 g/mol. The van der Waals surface area contributed by atoms with Crippen molar-refractivity contribution in [2.24, 2.45) is 0 Å². The van der Waals surface area contributed by atoms with Crippen molar-refractivity contribution in [1.82, 2.24) is 5.32 Å². The standard InChI is InChI=1S/C19H21Cl2NO2/c1-4-18(24-16-8-12(2)7-13(3)9-16)19(23)22-11-14-5-6-15(20)10-17(14)21/h5-10,18H,4,11H2,1-3H3,(H,22,23)/t18-/m1/s1. The molecule has 0 fully saturated rings. The summed E-state index contributed by atoms with van der Waals surface area (Å²) in [6.07, 6.45) is 0.0324. The summed E-state index contributed by atoms with van der Waals surface area (Å²) >= 11 is 12.0. The van der Waals surface area contributed by atoms with Crippen LogP contribution in [0.1, 0.15) is 30.0 Å². The first kappa shape index (κ1) is 18.6. The first-order chi connectivity index (χ1) is 11.4. The number of nitrogens with one attached hydrogen (secondary N) is 1. The van der Waals surface area contributed by atoms with Gasteiger partial charge in [0.2, 0.25) is 0 Å². The molecule has 0 aliphatic heterocycles. The largest absolute Gasteiger partial charge is 0.481 e. The maximum Gasteiger partial charge on any atom is 0.261 e. The molecule has 2 aromatic rings. The van der Waals surface area contributed by atoms with Gasteiger partial charge in [0.1, 0.15) is 5.75 Å². The van der Waals surface area contributed by atoms with Crippen LogP contribution in [0.4, 0.5) is 0 Å². The molecule has 0 heterocycles. The summed E-state index contributed by atoms with van der Waals surface area (Å²) in [5, 5.41) is 3.97. The first-order valence-electron chi connectivity index (χ1n) is 7.85. The van der Waals surface area contributed by atoms with Crippen LogP contribution in [-0.2, 0) is 11.3 Å². The second-order valence-electron chi connectivity index (χ2n) is 5.79. The molecule has 128 valence electrons. The van der Waals surface area contributed by atoms with Gasteiger partial charge in [-0.15, -0.1) is 0 Å². The van der Waals surface area contributed by atoms with Crippen molar-refractivity contribution in [3.8, 4) is 5.75 Å². The van der Waals surface area contributed by atoms with E-state index in [0.717, 1.165) is 16.7 Å². The van der Waals surface area contributed by atoms with E-state index in [1.54, 1.807) is 18.2 Å². The Morgan fingerprint density at radius 3 is 2.38 bits per heavy atom. The molecule has 3 nitrogen and oxygen atoms in total. The van der Waals surface area contributed by atoms with Crippen LogP contribution in [0.5, 0.6) is 5.75 Å². The van der Waals surface area contributed by atoms with Gasteiger partial charge in [-0.1, -0.05) is 42.3 Å². The highest BCUT2D eigenvalue weighted by Gasteiger charge is 2.18. The van der Waals surface area contributed by atoms with Crippen LogP contribution in [0.25, 0.3) is 0 Å². The van der Waals surface area contributed by atoms with Crippen molar-refractivity contribution in [1.29, 1.82) is 0 Å². The summed E-state index contributed by atoms with van der Waals surface area (Å²) in [7, 11) is 0. The van der Waals surface area contributed by atoms with Gasteiger partial charge in [-0.25, -0.2) is 0 Å². The van der Waals surface area contributed by atoms with Gasteiger partial charge in [-0.3, -0.25) is 4.79 Å². The fourth-order valence-electron chi connectivity index (χ4n) is 2.45. The van der Waals surface area contributed by atoms with E-state index in [1.807, 2.05) is 32.9 Å². The number of rotatable bonds is 6. The second kappa shape index (κ2) is 8.41. The Bertz CT molecular complexity index is 711. The summed E-state index contributed by atoms with van der Waals surface area (Å²) in [4.78, 5) is 12.4. The second-order valence-corrected chi connectivity index (χ2v) is 6.64. The summed E-state index contributed by atoms with van der Waals surface area (Å²) in [5.41, 5.74) is 3.03. The van der Waals surface area contributed by atoms with Crippen LogP contribution in [0.15, 0.2) is 36.4 Å². The Morgan fingerprint density at radius 1 is 1.12 bits per heavy atom. The molecule has 2 rings (SSSR count). The topological polar surface area (TPSA) is 38.3 Å². The van der Waals surface area contributed by atoms with Crippen LogP contribution in [0.2, 0.25) is 10.0 Å². The third kappa shape index (κ3) is 5.15. The monoisotopic (exact) mass is 365 g/mol. The minimum absolute atomic E-state index is 0.164. The van der Waals surface area contributed by atoms with Crippen molar-refractivity contribution < 1.29 is 9.53 Å². The summed E-state index contributed by atoms with van der Waals surface area (Å²) in [6.45, 7) is 6.26. The molecule has 0 spiro atoms. The number of hydrogen-bond donors (Lipinski definition) is 1. The van der Waals surface area contributed by atoms with Crippen LogP contribution >= 0.6 is 23.2 Å². The highest BCUT2D eigenvalue weighted by atomic mass is 35.5. The number of ether oxygens (including phenoxy) is 1. The Morgan fingerprint density at radius 2 is 1.79 bits per heavy atom. The predicted octanol–water partition coefficient (Wildman–Crippen LogP) is 5.08. The Labute approximate surface area is 152 Å². The van der Waals surface area contributed by atoms with Crippen LogP contribution in [0, 0.1) is 13.8 Å². The Kier molecular flexibility index (Phi) is 6.52. The van der Waals surface area contributed by atoms with Crippen LogP contribution in [-0.4, -0.2) is 12.0 Å². The average molecular weight is 366 g/mol. The zero-order valence-electron chi connectivity index (χ0n) is 14.0. The molecule has 0 saturated heterocycles. The van der Waals surface area contributed by atoms with Crippen LogP contribution in [0.3, 0.4) is 0 Å². The van der Waals surface area contributed by atoms with E-state index in [0.29, 0.717) is 28.8 Å².